The summed E-state index contributed by atoms with van der Waals surface area (Å²) >= 11 is 0. The van der Waals surface area contributed by atoms with Gasteiger partial charge in [0.2, 0.25) is 0 Å². The van der Waals surface area contributed by atoms with E-state index in [1.165, 1.54) is 82.9 Å². The summed E-state index contributed by atoms with van der Waals surface area (Å²) in [5.41, 5.74) is 16.9. The number of benzene rings is 6. The third kappa shape index (κ3) is 2.83. The van der Waals surface area contributed by atoms with E-state index in [4.69, 9.17) is 6.57 Å². The third-order valence-corrected chi connectivity index (χ3v) is 11.3. The van der Waals surface area contributed by atoms with E-state index in [2.05, 4.69) is 137 Å². The van der Waals surface area contributed by atoms with Gasteiger partial charge >= 0.3 is 0 Å². The van der Waals surface area contributed by atoms with E-state index in [0.717, 1.165) is 11.1 Å². The van der Waals surface area contributed by atoms with Crippen molar-refractivity contribution < 1.29 is 0 Å². The van der Waals surface area contributed by atoms with Crippen LogP contribution in [0.25, 0.3) is 59.8 Å². The van der Waals surface area contributed by atoms with Crippen LogP contribution in [0.4, 0.5) is 5.69 Å². The highest BCUT2D eigenvalue weighted by Gasteiger charge is 2.45. The third-order valence-electron chi connectivity index (χ3n) is 11.3. The van der Waals surface area contributed by atoms with Crippen LogP contribution in [0.15, 0.2) is 91.0 Å². The molecule has 3 aliphatic rings. The van der Waals surface area contributed by atoms with Crippen molar-refractivity contribution in [3.8, 4) is 33.4 Å². The van der Waals surface area contributed by atoms with Crippen LogP contribution in [0.2, 0.25) is 0 Å². The summed E-state index contributed by atoms with van der Waals surface area (Å²) in [6.45, 7) is 22.2. The molecule has 0 heterocycles. The predicted molar refractivity (Wildman–Crippen MR) is 180 cm³/mol. The molecule has 1 nitrogen and oxygen atoms in total. The van der Waals surface area contributed by atoms with Gasteiger partial charge in [0, 0.05) is 16.2 Å². The summed E-state index contributed by atoms with van der Waals surface area (Å²) in [5.74, 6) is 0. The maximum absolute atomic E-state index is 7.93. The van der Waals surface area contributed by atoms with Gasteiger partial charge in [-0.3, -0.25) is 0 Å². The molecule has 0 unspecified atom stereocenters. The molecule has 0 bridgehead atoms. The van der Waals surface area contributed by atoms with Crippen molar-refractivity contribution >= 4 is 27.2 Å². The van der Waals surface area contributed by atoms with Crippen LogP contribution in [0.5, 0.6) is 0 Å². The average Bonchev–Trinajstić information content (AvgIpc) is 3.47. The quantitative estimate of drug-likeness (QED) is 0.165. The highest BCUT2D eigenvalue weighted by atomic mass is 14.6. The Morgan fingerprint density at radius 3 is 1.53 bits per heavy atom. The number of fused-ring (bicyclic) bond motifs is 13. The molecule has 0 saturated carbocycles. The smallest absolute Gasteiger partial charge is 0.195 e. The first kappa shape index (κ1) is 24.9. The zero-order chi connectivity index (χ0) is 29.6. The molecule has 6 aromatic carbocycles. The summed E-state index contributed by atoms with van der Waals surface area (Å²) in [7, 11) is 0. The maximum atomic E-state index is 7.93. The van der Waals surface area contributed by atoms with Gasteiger partial charge < -0.3 is 0 Å². The highest BCUT2D eigenvalue weighted by Crippen LogP contribution is 2.60. The molecule has 9 rings (SSSR count). The van der Waals surface area contributed by atoms with Crippen LogP contribution < -0.4 is 0 Å². The number of hydrogen-bond donors (Lipinski definition) is 0. The molecule has 0 fully saturated rings. The van der Waals surface area contributed by atoms with Crippen LogP contribution in [0, 0.1) is 6.57 Å². The van der Waals surface area contributed by atoms with Crippen molar-refractivity contribution in [1.82, 2.24) is 0 Å². The molecule has 6 aromatic rings. The first-order valence-electron chi connectivity index (χ1n) is 15.4. The fourth-order valence-corrected chi connectivity index (χ4v) is 8.88. The minimum absolute atomic E-state index is 0.0715. The minimum Gasteiger partial charge on any atom is -0.238 e. The second-order valence-electron chi connectivity index (χ2n) is 14.4. The van der Waals surface area contributed by atoms with Crippen molar-refractivity contribution in [2.24, 2.45) is 0 Å². The number of rotatable bonds is 0. The van der Waals surface area contributed by atoms with Crippen LogP contribution in [-0.4, -0.2) is 0 Å². The van der Waals surface area contributed by atoms with E-state index in [-0.39, 0.29) is 16.2 Å². The highest BCUT2D eigenvalue weighted by molar-refractivity contribution is 6.09. The number of hydrogen-bond acceptors (Lipinski definition) is 0. The summed E-state index contributed by atoms with van der Waals surface area (Å²) in [4.78, 5) is 3.95. The molecule has 0 saturated heterocycles. The summed E-state index contributed by atoms with van der Waals surface area (Å²) < 4.78 is 0. The lowest BCUT2D eigenvalue weighted by molar-refractivity contribution is 0.649. The Kier molecular flexibility index (Phi) is 4.42. The first-order chi connectivity index (χ1) is 20.5. The maximum Gasteiger partial charge on any atom is 0.195 e. The molecule has 0 radical (unpaired) electrons. The molecule has 0 aromatic heterocycles. The molecule has 1 heteroatoms. The summed E-state index contributed by atoms with van der Waals surface area (Å²) in [6.07, 6.45) is 0. The van der Waals surface area contributed by atoms with Crippen molar-refractivity contribution in [1.29, 1.82) is 0 Å². The summed E-state index contributed by atoms with van der Waals surface area (Å²) in [5, 5.41) is 4.89. The molecule has 0 amide bonds. The lowest BCUT2D eigenvalue weighted by atomic mass is 9.78. The molecule has 0 N–H and O–H groups in total. The van der Waals surface area contributed by atoms with Gasteiger partial charge in [-0.2, -0.15) is 0 Å². The predicted octanol–water partition coefficient (Wildman–Crippen LogP) is 11.5. The van der Waals surface area contributed by atoms with Gasteiger partial charge in [0.1, 0.15) is 0 Å². The van der Waals surface area contributed by atoms with E-state index in [1.54, 1.807) is 0 Å². The Morgan fingerprint density at radius 1 is 0.442 bits per heavy atom. The topological polar surface area (TPSA) is 4.36 Å². The zero-order valence-corrected chi connectivity index (χ0v) is 25.6. The fourth-order valence-electron chi connectivity index (χ4n) is 8.88. The van der Waals surface area contributed by atoms with E-state index in [1.807, 2.05) is 0 Å². The second kappa shape index (κ2) is 7.64. The second-order valence-corrected chi connectivity index (χ2v) is 14.4. The van der Waals surface area contributed by atoms with Gasteiger partial charge in [-0.1, -0.05) is 108 Å². The first-order valence-corrected chi connectivity index (χ1v) is 15.4. The van der Waals surface area contributed by atoms with Gasteiger partial charge in [0.25, 0.3) is 0 Å². The van der Waals surface area contributed by atoms with E-state index in [0.29, 0.717) is 0 Å². The van der Waals surface area contributed by atoms with Crippen LogP contribution in [0.1, 0.15) is 74.9 Å². The molecular weight excluding hydrogens is 518 g/mol. The monoisotopic (exact) mass is 551 g/mol. The Hall–Kier alpha value is -4.67. The van der Waals surface area contributed by atoms with Gasteiger partial charge in [-0.15, -0.1) is 0 Å². The standard InChI is InChI=1S/C42H33N/c1-40(2)31-17-16-23-12-8-9-13-24(23)38(31)29-20-32-27(18-34(29)40)28-19-35-30(21-33(28)41(32,3)4)39-26-15-11-10-14-25(26)37(43-7)22-36(39)42(35,5)6/h8-22H,1-6H3. The van der Waals surface area contributed by atoms with E-state index < -0.39 is 0 Å². The van der Waals surface area contributed by atoms with Crippen LogP contribution >= 0.6 is 0 Å². The van der Waals surface area contributed by atoms with Crippen molar-refractivity contribution in [3.05, 3.63) is 136 Å². The summed E-state index contributed by atoms with van der Waals surface area (Å²) in [6, 6.07) is 34.2. The fraction of sp³-hybridized carbons (Fsp3) is 0.214. The Labute approximate surface area is 253 Å². The van der Waals surface area contributed by atoms with Crippen molar-refractivity contribution in [3.63, 3.8) is 0 Å². The molecule has 0 atom stereocenters. The SMILES string of the molecule is [C-]#[N+]c1cc2c(c3ccccc13)-c1cc3c(cc1C2(C)C)-c1cc2c(cc1C3(C)C)-c1c(ccc3ccccc13)C2(C)C. The number of nitrogens with zero attached hydrogens (tertiary/aromatic N) is 1. The van der Waals surface area contributed by atoms with E-state index in [9.17, 15) is 0 Å². The van der Waals surface area contributed by atoms with Gasteiger partial charge in [0.05, 0.1) is 6.57 Å². The van der Waals surface area contributed by atoms with Crippen molar-refractivity contribution in [2.75, 3.05) is 0 Å². The van der Waals surface area contributed by atoms with E-state index >= 15 is 0 Å². The van der Waals surface area contributed by atoms with Gasteiger partial charge in [-0.25, -0.2) is 4.85 Å². The van der Waals surface area contributed by atoms with Crippen LogP contribution in [0.3, 0.4) is 0 Å². The molecule has 0 aliphatic heterocycles. The largest absolute Gasteiger partial charge is 0.238 e. The Balaban J connectivity index is 1.33. The van der Waals surface area contributed by atoms with Crippen LogP contribution in [-0.2, 0) is 16.2 Å². The van der Waals surface area contributed by atoms with Gasteiger partial charge in [0.15, 0.2) is 5.69 Å². The minimum atomic E-state index is -0.193. The Morgan fingerprint density at radius 2 is 0.907 bits per heavy atom. The average molecular weight is 552 g/mol. The molecule has 0 spiro atoms. The molecule has 3 aliphatic carbocycles. The van der Waals surface area contributed by atoms with Gasteiger partial charge in [-0.05, 0) is 113 Å². The van der Waals surface area contributed by atoms with Crippen molar-refractivity contribution in [2.45, 2.75) is 57.8 Å². The molecule has 206 valence electrons. The molecular formula is C42H33N. The lowest BCUT2D eigenvalue weighted by Gasteiger charge is -2.24. The Bertz CT molecular complexity index is 2320. The lowest BCUT2D eigenvalue weighted by Crippen LogP contribution is -2.17. The zero-order valence-electron chi connectivity index (χ0n) is 25.6. The molecule has 43 heavy (non-hydrogen) atoms. The normalized spacial score (nSPS) is 17.1.